The number of ether oxygens (including phenoxy) is 1. The summed E-state index contributed by atoms with van der Waals surface area (Å²) in [6.07, 6.45) is 3.98. The molecule has 2 rings (SSSR count). The zero-order valence-electron chi connectivity index (χ0n) is 11.3. The van der Waals surface area contributed by atoms with Crippen LogP contribution in [-0.4, -0.2) is 30.5 Å². The van der Waals surface area contributed by atoms with Gasteiger partial charge >= 0.3 is 0 Å². The second-order valence-corrected chi connectivity index (χ2v) is 5.44. The van der Waals surface area contributed by atoms with Gasteiger partial charge in [0.05, 0.1) is 7.11 Å². The van der Waals surface area contributed by atoms with E-state index in [2.05, 4.69) is 30.0 Å². The molecule has 0 unspecified atom stereocenters. The fourth-order valence-electron chi connectivity index (χ4n) is 2.50. The standard InChI is InChI=1S/C15H22ClNO/c1-12-6-7-15(18-2)13(10-12)11-17(9-8-16)14-4-3-5-14/h6-7,10,14H,3-5,8-9,11H2,1-2H3. The number of halogens is 1. The van der Waals surface area contributed by atoms with Gasteiger partial charge in [0, 0.05) is 30.6 Å². The Morgan fingerprint density at radius 3 is 2.72 bits per heavy atom. The number of nitrogens with zero attached hydrogens (tertiary/aromatic N) is 1. The van der Waals surface area contributed by atoms with Crippen LogP contribution in [0.4, 0.5) is 0 Å². The molecule has 1 aromatic rings. The van der Waals surface area contributed by atoms with E-state index < -0.39 is 0 Å². The molecule has 0 radical (unpaired) electrons. The lowest BCUT2D eigenvalue weighted by atomic mass is 9.91. The van der Waals surface area contributed by atoms with Crippen LogP contribution in [0, 0.1) is 6.92 Å². The van der Waals surface area contributed by atoms with Crippen molar-refractivity contribution in [2.45, 2.75) is 38.8 Å². The Kier molecular flexibility index (Phi) is 4.90. The van der Waals surface area contributed by atoms with E-state index in [0.717, 1.165) is 18.8 Å². The summed E-state index contributed by atoms with van der Waals surface area (Å²) in [5.41, 5.74) is 2.56. The third kappa shape index (κ3) is 3.18. The molecule has 0 aromatic heterocycles. The van der Waals surface area contributed by atoms with Crippen molar-refractivity contribution in [1.29, 1.82) is 0 Å². The minimum atomic E-state index is 0.699. The number of methoxy groups -OCH3 is 1. The molecular formula is C15H22ClNO. The lowest BCUT2D eigenvalue weighted by Gasteiger charge is -2.37. The van der Waals surface area contributed by atoms with E-state index >= 15 is 0 Å². The van der Waals surface area contributed by atoms with Crippen LogP contribution in [-0.2, 0) is 6.54 Å². The fraction of sp³-hybridized carbons (Fsp3) is 0.600. The summed E-state index contributed by atoms with van der Waals surface area (Å²) in [7, 11) is 1.74. The average Bonchev–Trinajstić information content (AvgIpc) is 2.27. The maximum absolute atomic E-state index is 5.92. The molecule has 2 nitrogen and oxygen atoms in total. The van der Waals surface area contributed by atoms with Crippen LogP contribution < -0.4 is 4.74 Å². The van der Waals surface area contributed by atoms with Gasteiger partial charge in [0.15, 0.2) is 0 Å². The van der Waals surface area contributed by atoms with Crippen molar-refractivity contribution in [3.63, 3.8) is 0 Å². The van der Waals surface area contributed by atoms with Gasteiger partial charge in [0.2, 0.25) is 0 Å². The monoisotopic (exact) mass is 267 g/mol. The number of rotatable bonds is 6. The Labute approximate surface area is 115 Å². The number of aryl methyl sites for hydroxylation is 1. The summed E-state index contributed by atoms with van der Waals surface area (Å²) in [5, 5.41) is 0. The van der Waals surface area contributed by atoms with E-state index in [9.17, 15) is 0 Å². The third-order valence-electron chi connectivity index (χ3n) is 3.77. The van der Waals surface area contributed by atoms with Gasteiger partial charge in [-0.15, -0.1) is 11.6 Å². The van der Waals surface area contributed by atoms with E-state index in [4.69, 9.17) is 16.3 Å². The number of benzene rings is 1. The highest BCUT2D eigenvalue weighted by Crippen LogP contribution is 2.28. The molecule has 0 aliphatic heterocycles. The Bertz CT molecular complexity index is 390. The van der Waals surface area contributed by atoms with Crippen LogP contribution in [0.1, 0.15) is 30.4 Å². The predicted molar refractivity (Wildman–Crippen MR) is 76.5 cm³/mol. The van der Waals surface area contributed by atoms with E-state index in [1.165, 1.54) is 30.4 Å². The van der Waals surface area contributed by atoms with Gasteiger partial charge in [-0.2, -0.15) is 0 Å². The van der Waals surface area contributed by atoms with Crippen LogP contribution in [0.15, 0.2) is 18.2 Å². The molecule has 1 saturated carbocycles. The first kappa shape index (κ1) is 13.7. The highest BCUT2D eigenvalue weighted by atomic mass is 35.5. The zero-order chi connectivity index (χ0) is 13.0. The van der Waals surface area contributed by atoms with Gasteiger partial charge in [-0.1, -0.05) is 24.1 Å². The predicted octanol–water partition coefficient (Wildman–Crippen LogP) is 3.60. The molecule has 0 spiro atoms. The Balaban J connectivity index is 2.11. The Hall–Kier alpha value is -0.730. The molecule has 0 saturated heterocycles. The lowest BCUT2D eigenvalue weighted by Crippen LogP contribution is -2.40. The SMILES string of the molecule is COc1ccc(C)cc1CN(CCCl)C1CCC1. The molecule has 18 heavy (non-hydrogen) atoms. The maximum Gasteiger partial charge on any atom is 0.123 e. The van der Waals surface area contributed by atoms with Gasteiger partial charge in [-0.25, -0.2) is 0 Å². The van der Waals surface area contributed by atoms with Crippen molar-refractivity contribution < 1.29 is 4.74 Å². The first-order chi connectivity index (χ1) is 8.74. The van der Waals surface area contributed by atoms with Gasteiger partial charge in [0.25, 0.3) is 0 Å². The van der Waals surface area contributed by atoms with Gasteiger partial charge in [-0.05, 0) is 25.8 Å². The molecule has 0 heterocycles. The topological polar surface area (TPSA) is 12.5 Å². The van der Waals surface area contributed by atoms with Crippen molar-refractivity contribution in [3.8, 4) is 5.75 Å². The van der Waals surface area contributed by atoms with Crippen LogP contribution in [0.5, 0.6) is 5.75 Å². The molecular weight excluding hydrogens is 246 g/mol. The molecule has 1 aliphatic carbocycles. The van der Waals surface area contributed by atoms with Gasteiger partial charge in [-0.3, -0.25) is 4.90 Å². The molecule has 0 atom stereocenters. The maximum atomic E-state index is 5.92. The summed E-state index contributed by atoms with van der Waals surface area (Å²) in [6, 6.07) is 7.09. The van der Waals surface area contributed by atoms with Crippen molar-refractivity contribution in [2.24, 2.45) is 0 Å². The van der Waals surface area contributed by atoms with E-state index in [1.807, 2.05) is 0 Å². The Morgan fingerprint density at radius 2 is 2.17 bits per heavy atom. The fourth-order valence-corrected chi connectivity index (χ4v) is 2.72. The normalized spacial score (nSPS) is 15.8. The van der Waals surface area contributed by atoms with E-state index in [1.54, 1.807) is 7.11 Å². The number of alkyl halides is 1. The molecule has 0 N–H and O–H groups in total. The minimum Gasteiger partial charge on any atom is -0.496 e. The summed E-state index contributed by atoms with van der Waals surface area (Å²) in [4.78, 5) is 2.49. The molecule has 1 aromatic carbocycles. The van der Waals surface area contributed by atoms with Crippen molar-refractivity contribution in [3.05, 3.63) is 29.3 Å². The second kappa shape index (κ2) is 6.44. The van der Waals surface area contributed by atoms with Gasteiger partial charge in [0.1, 0.15) is 5.75 Å². The second-order valence-electron chi connectivity index (χ2n) is 5.06. The van der Waals surface area contributed by atoms with Crippen LogP contribution in [0.3, 0.4) is 0 Å². The third-order valence-corrected chi connectivity index (χ3v) is 3.94. The first-order valence-corrected chi connectivity index (χ1v) is 7.21. The van der Waals surface area contributed by atoms with Gasteiger partial charge < -0.3 is 4.74 Å². The van der Waals surface area contributed by atoms with Crippen LogP contribution >= 0.6 is 11.6 Å². The quantitative estimate of drug-likeness (QED) is 0.731. The molecule has 100 valence electrons. The van der Waals surface area contributed by atoms with Crippen LogP contribution in [0.25, 0.3) is 0 Å². The summed E-state index contributed by atoms with van der Waals surface area (Å²) < 4.78 is 5.45. The molecule has 1 aliphatic rings. The van der Waals surface area contributed by atoms with E-state index in [0.29, 0.717) is 11.9 Å². The van der Waals surface area contributed by atoms with Crippen LogP contribution in [0.2, 0.25) is 0 Å². The summed E-state index contributed by atoms with van der Waals surface area (Å²) >= 11 is 5.92. The average molecular weight is 268 g/mol. The molecule has 1 fully saturated rings. The van der Waals surface area contributed by atoms with E-state index in [-0.39, 0.29) is 0 Å². The molecule has 3 heteroatoms. The smallest absolute Gasteiger partial charge is 0.123 e. The molecule has 0 amide bonds. The van der Waals surface area contributed by atoms with Crippen molar-refractivity contribution in [1.82, 2.24) is 4.90 Å². The number of hydrogen-bond acceptors (Lipinski definition) is 2. The summed E-state index contributed by atoms with van der Waals surface area (Å²) in [6.45, 7) is 4.03. The summed E-state index contributed by atoms with van der Waals surface area (Å²) in [5.74, 6) is 1.68. The number of hydrogen-bond donors (Lipinski definition) is 0. The zero-order valence-corrected chi connectivity index (χ0v) is 12.0. The largest absolute Gasteiger partial charge is 0.496 e. The van der Waals surface area contributed by atoms with Crippen molar-refractivity contribution >= 4 is 11.6 Å². The Morgan fingerprint density at radius 1 is 1.39 bits per heavy atom. The molecule has 0 bridgehead atoms. The highest BCUT2D eigenvalue weighted by Gasteiger charge is 2.25. The lowest BCUT2D eigenvalue weighted by molar-refractivity contribution is 0.126. The van der Waals surface area contributed by atoms with Crippen molar-refractivity contribution in [2.75, 3.05) is 19.5 Å². The highest BCUT2D eigenvalue weighted by molar-refractivity contribution is 6.18. The first-order valence-electron chi connectivity index (χ1n) is 6.68. The minimum absolute atomic E-state index is 0.699.